The average molecular weight is 466 g/mol. The van der Waals surface area contributed by atoms with Crippen molar-refractivity contribution in [2.75, 3.05) is 5.32 Å². The Bertz CT molecular complexity index is 1150. The zero-order chi connectivity index (χ0) is 23.1. The van der Waals surface area contributed by atoms with Crippen molar-refractivity contribution in [2.24, 2.45) is 5.10 Å². The lowest BCUT2D eigenvalue weighted by atomic mass is 10.1. The fourth-order valence-electron chi connectivity index (χ4n) is 2.82. The van der Waals surface area contributed by atoms with Crippen molar-refractivity contribution in [2.45, 2.75) is 30.9 Å². The Morgan fingerprint density at radius 3 is 2.38 bits per heavy atom. The van der Waals surface area contributed by atoms with Crippen LogP contribution in [0.5, 0.6) is 0 Å². The van der Waals surface area contributed by atoms with E-state index in [4.69, 9.17) is 11.6 Å². The van der Waals surface area contributed by atoms with Gasteiger partial charge in [-0.15, -0.1) is 11.8 Å². The van der Waals surface area contributed by atoms with E-state index in [0.717, 1.165) is 10.5 Å². The number of nitrogens with zero attached hydrogens (tertiary/aromatic N) is 1. The highest BCUT2D eigenvalue weighted by Gasteiger charge is 2.14. The van der Waals surface area contributed by atoms with Gasteiger partial charge in [-0.25, -0.2) is 5.43 Å². The topological polar surface area (TPSA) is 70.6 Å². The van der Waals surface area contributed by atoms with Crippen molar-refractivity contribution < 1.29 is 9.59 Å². The van der Waals surface area contributed by atoms with E-state index in [1.165, 1.54) is 17.3 Å². The monoisotopic (exact) mass is 465 g/mol. The van der Waals surface area contributed by atoms with Crippen LogP contribution < -0.4 is 10.7 Å². The number of carbonyl (C=O) groups is 2. The van der Waals surface area contributed by atoms with Crippen LogP contribution in [0.25, 0.3) is 0 Å². The minimum absolute atomic E-state index is 0.180. The molecule has 3 rings (SSSR count). The lowest BCUT2D eigenvalue weighted by molar-refractivity contribution is -0.120. The summed E-state index contributed by atoms with van der Waals surface area (Å²) in [5.41, 5.74) is 6.32. The average Bonchev–Trinajstić information content (AvgIpc) is 2.78. The van der Waals surface area contributed by atoms with Gasteiger partial charge < -0.3 is 5.32 Å². The van der Waals surface area contributed by atoms with Crippen LogP contribution in [0.2, 0.25) is 5.02 Å². The molecule has 3 aromatic rings. The summed E-state index contributed by atoms with van der Waals surface area (Å²) in [4.78, 5) is 25.9. The maximum absolute atomic E-state index is 12.4. The van der Waals surface area contributed by atoms with E-state index in [9.17, 15) is 9.59 Å². The van der Waals surface area contributed by atoms with Gasteiger partial charge in [-0.2, -0.15) is 5.10 Å². The van der Waals surface area contributed by atoms with E-state index in [2.05, 4.69) is 15.8 Å². The highest BCUT2D eigenvalue weighted by molar-refractivity contribution is 8.00. The molecule has 3 aromatic carbocycles. The summed E-state index contributed by atoms with van der Waals surface area (Å²) in [6.45, 7) is 5.67. The first kappa shape index (κ1) is 23.6. The van der Waals surface area contributed by atoms with Crippen LogP contribution in [-0.4, -0.2) is 22.8 Å². The molecule has 0 aliphatic heterocycles. The standard InChI is InChI=1S/C25H24ClN3O2S/c1-16-10-12-23(13-11-16)32-18(3)24(30)29-28-17(2)19-6-5-9-22(15-19)27-25(31)20-7-4-8-21(26)14-20/h4-15,18H,1-3H3,(H,27,31)(H,29,30)/b28-17-/t18-/m1/s1. The summed E-state index contributed by atoms with van der Waals surface area (Å²) in [5.74, 6) is -0.435. The van der Waals surface area contributed by atoms with Gasteiger partial charge in [0.05, 0.1) is 11.0 Å². The first-order valence-corrected chi connectivity index (χ1v) is 11.3. The van der Waals surface area contributed by atoms with Crippen molar-refractivity contribution in [3.05, 3.63) is 94.5 Å². The zero-order valence-electron chi connectivity index (χ0n) is 18.1. The van der Waals surface area contributed by atoms with Gasteiger partial charge in [0, 0.05) is 21.2 Å². The molecule has 0 spiro atoms. The zero-order valence-corrected chi connectivity index (χ0v) is 19.6. The molecule has 0 saturated heterocycles. The molecule has 2 amide bonds. The molecule has 0 bridgehead atoms. The highest BCUT2D eigenvalue weighted by atomic mass is 35.5. The summed E-state index contributed by atoms with van der Waals surface area (Å²) in [6, 6.07) is 22.1. The number of carbonyl (C=O) groups excluding carboxylic acids is 2. The summed E-state index contributed by atoms with van der Waals surface area (Å²) in [5, 5.41) is 7.29. The number of thioether (sulfide) groups is 1. The molecule has 0 fully saturated rings. The van der Waals surface area contributed by atoms with Gasteiger partial charge in [-0.05, 0) is 68.8 Å². The van der Waals surface area contributed by atoms with E-state index in [1.807, 2.05) is 50.2 Å². The van der Waals surface area contributed by atoms with E-state index in [0.29, 0.717) is 22.0 Å². The molecule has 7 heteroatoms. The largest absolute Gasteiger partial charge is 0.322 e. The third-order valence-electron chi connectivity index (χ3n) is 4.66. The van der Waals surface area contributed by atoms with Gasteiger partial charge in [-0.1, -0.05) is 47.5 Å². The molecule has 1 atom stereocenters. The molecule has 0 unspecified atom stereocenters. The first-order valence-electron chi connectivity index (χ1n) is 10.1. The molecule has 2 N–H and O–H groups in total. The summed E-state index contributed by atoms with van der Waals surface area (Å²) in [6.07, 6.45) is 0. The molecule has 0 heterocycles. The van der Waals surface area contributed by atoms with Crippen LogP contribution in [0.1, 0.15) is 35.3 Å². The second-order valence-corrected chi connectivity index (χ2v) is 9.14. The quantitative estimate of drug-likeness (QED) is 0.258. The van der Waals surface area contributed by atoms with Crippen molar-refractivity contribution >= 4 is 46.6 Å². The molecule has 5 nitrogen and oxygen atoms in total. The molecule has 0 aliphatic carbocycles. The number of hydrogen-bond donors (Lipinski definition) is 2. The van der Waals surface area contributed by atoms with E-state index in [-0.39, 0.29) is 17.1 Å². The smallest absolute Gasteiger partial charge is 0.255 e. The van der Waals surface area contributed by atoms with Crippen LogP contribution in [0, 0.1) is 6.92 Å². The number of aryl methyl sites for hydroxylation is 1. The summed E-state index contributed by atoms with van der Waals surface area (Å²) >= 11 is 7.44. The summed E-state index contributed by atoms with van der Waals surface area (Å²) in [7, 11) is 0. The third-order valence-corrected chi connectivity index (χ3v) is 6.01. The molecule has 0 aromatic heterocycles. The van der Waals surface area contributed by atoms with Crippen molar-refractivity contribution in [3.63, 3.8) is 0 Å². The maximum Gasteiger partial charge on any atom is 0.255 e. The summed E-state index contributed by atoms with van der Waals surface area (Å²) < 4.78 is 0. The Kier molecular flexibility index (Phi) is 8.09. The van der Waals surface area contributed by atoms with Crippen LogP contribution in [-0.2, 0) is 4.79 Å². The van der Waals surface area contributed by atoms with Crippen LogP contribution >= 0.6 is 23.4 Å². The third kappa shape index (κ3) is 6.70. The lowest BCUT2D eigenvalue weighted by Crippen LogP contribution is -2.27. The number of nitrogens with one attached hydrogen (secondary N) is 2. The molecule has 0 aliphatic rings. The Balaban J connectivity index is 1.61. The van der Waals surface area contributed by atoms with Gasteiger partial charge in [-0.3, -0.25) is 9.59 Å². The van der Waals surface area contributed by atoms with Gasteiger partial charge >= 0.3 is 0 Å². The molecular weight excluding hydrogens is 442 g/mol. The van der Waals surface area contributed by atoms with Crippen molar-refractivity contribution in [3.8, 4) is 0 Å². The minimum atomic E-state index is -0.294. The molecule has 0 saturated carbocycles. The number of hydrogen-bond acceptors (Lipinski definition) is 4. The lowest BCUT2D eigenvalue weighted by Gasteiger charge is -2.11. The SMILES string of the molecule is C/C(=N/NC(=O)[C@@H](C)Sc1ccc(C)cc1)c1cccc(NC(=O)c2cccc(Cl)c2)c1. The first-order chi connectivity index (χ1) is 15.3. The number of benzene rings is 3. The predicted octanol–water partition coefficient (Wildman–Crippen LogP) is 5.92. The number of amides is 2. The molecule has 0 radical (unpaired) electrons. The second kappa shape index (κ2) is 11.0. The van der Waals surface area contributed by atoms with Crippen molar-refractivity contribution in [1.29, 1.82) is 0 Å². The molecule has 32 heavy (non-hydrogen) atoms. The minimum Gasteiger partial charge on any atom is -0.322 e. The van der Waals surface area contributed by atoms with Gasteiger partial charge in [0.15, 0.2) is 0 Å². The normalized spacial score (nSPS) is 12.2. The predicted molar refractivity (Wildman–Crippen MR) is 133 cm³/mol. The highest BCUT2D eigenvalue weighted by Crippen LogP contribution is 2.23. The van der Waals surface area contributed by atoms with Crippen LogP contribution in [0.3, 0.4) is 0 Å². The Morgan fingerprint density at radius 1 is 0.969 bits per heavy atom. The van der Waals surface area contributed by atoms with Gasteiger partial charge in [0.25, 0.3) is 11.8 Å². The Hall–Kier alpha value is -3.09. The second-order valence-electron chi connectivity index (χ2n) is 7.29. The number of halogens is 1. The van der Waals surface area contributed by atoms with Crippen molar-refractivity contribution in [1.82, 2.24) is 5.43 Å². The van der Waals surface area contributed by atoms with E-state index in [1.54, 1.807) is 43.3 Å². The Morgan fingerprint density at radius 2 is 1.66 bits per heavy atom. The van der Waals surface area contributed by atoms with E-state index >= 15 is 0 Å². The fraction of sp³-hybridized carbons (Fsp3) is 0.160. The number of hydrazone groups is 1. The van der Waals surface area contributed by atoms with Gasteiger partial charge in [0.1, 0.15) is 0 Å². The number of anilines is 1. The molecule has 164 valence electrons. The fourth-order valence-corrected chi connectivity index (χ4v) is 3.88. The van der Waals surface area contributed by atoms with Gasteiger partial charge in [0.2, 0.25) is 0 Å². The van der Waals surface area contributed by atoms with Crippen LogP contribution in [0.4, 0.5) is 5.69 Å². The molecular formula is C25H24ClN3O2S. The maximum atomic E-state index is 12.4. The number of rotatable bonds is 7. The van der Waals surface area contributed by atoms with Crippen LogP contribution in [0.15, 0.2) is 82.8 Å². The Labute approximate surface area is 197 Å². The van der Waals surface area contributed by atoms with E-state index < -0.39 is 0 Å².